The van der Waals surface area contributed by atoms with E-state index in [2.05, 4.69) is 15.9 Å². The molecule has 0 fully saturated rings. The molecule has 84 valence electrons. The summed E-state index contributed by atoms with van der Waals surface area (Å²) in [5.41, 5.74) is 6.13. The second kappa shape index (κ2) is 5.32. The number of hydrogen-bond acceptors (Lipinski definition) is 3. The van der Waals surface area contributed by atoms with Crippen LogP contribution in [0.2, 0.25) is 0 Å². The Bertz CT molecular complexity index is 358. The van der Waals surface area contributed by atoms with Gasteiger partial charge in [0.25, 0.3) is 0 Å². The minimum atomic E-state index is -0.699. The zero-order valence-electron chi connectivity index (χ0n) is 8.39. The largest absolute Gasteiger partial charge is 0.502 e. The zero-order valence-corrected chi connectivity index (χ0v) is 9.97. The molecule has 1 rings (SSSR count). The molecule has 0 saturated carbocycles. The van der Waals surface area contributed by atoms with Crippen LogP contribution in [0.4, 0.5) is 4.39 Å². The lowest BCUT2D eigenvalue weighted by molar-refractivity contribution is 0.352. The topological polar surface area (TPSA) is 55.5 Å². The number of benzene rings is 1. The highest BCUT2D eigenvalue weighted by Gasteiger charge is 2.16. The molecule has 0 amide bonds. The summed E-state index contributed by atoms with van der Waals surface area (Å²) in [5, 5.41) is 9.45. The van der Waals surface area contributed by atoms with Crippen LogP contribution in [0.15, 0.2) is 10.5 Å². The minimum absolute atomic E-state index is 0.176. The highest BCUT2D eigenvalue weighted by atomic mass is 79.9. The normalized spacial score (nSPS) is 10.4. The third kappa shape index (κ3) is 2.60. The summed E-state index contributed by atoms with van der Waals surface area (Å²) < 4.78 is 18.7. The number of aromatic hydroxyl groups is 1. The SMILES string of the molecule is COc1c(O)c(F)cc(Br)c1CCCN. The van der Waals surface area contributed by atoms with Crippen molar-refractivity contribution in [1.29, 1.82) is 0 Å². The third-order valence-corrected chi connectivity index (χ3v) is 2.80. The van der Waals surface area contributed by atoms with Gasteiger partial charge in [0.05, 0.1) is 7.11 Å². The fraction of sp³-hybridized carbons (Fsp3) is 0.400. The van der Waals surface area contributed by atoms with E-state index in [1.807, 2.05) is 0 Å². The molecule has 0 aliphatic rings. The van der Waals surface area contributed by atoms with Crippen LogP contribution in [-0.4, -0.2) is 18.8 Å². The van der Waals surface area contributed by atoms with Crippen LogP contribution in [0.1, 0.15) is 12.0 Å². The summed E-state index contributed by atoms with van der Waals surface area (Å²) in [6, 6.07) is 1.23. The van der Waals surface area contributed by atoms with Crippen molar-refractivity contribution in [1.82, 2.24) is 0 Å². The Kier molecular flexibility index (Phi) is 4.35. The van der Waals surface area contributed by atoms with Crippen LogP contribution in [-0.2, 0) is 6.42 Å². The maximum Gasteiger partial charge on any atom is 0.194 e. The molecule has 0 aliphatic carbocycles. The number of hydrogen-bond donors (Lipinski definition) is 2. The number of ether oxygens (including phenoxy) is 1. The van der Waals surface area contributed by atoms with E-state index in [0.29, 0.717) is 17.4 Å². The molecular formula is C10H13BrFNO2. The molecule has 0 aromatic heterocycles. The van der Waals surface area contributed by atoms with E-state index in [1.165, 1.54) is 13.2 Å². The zero-order chi connectivity index (χ0) is 11.4. The van der Waals surface area contributed by atoms with Gasteiger partial charge in [-0.05, 0) is 25.5 Å². The average Bonchev–Trinajstić information content (AvgIpc) is 2.21. The number of nitrogens with two attached hydrogens (primary N) is 1. The van der Waals surface area contributed by atoms with Gasteiger partial charge in [-0.25, -0.2) is 4.39 Å². The van der Waals surface area contributed by atoms with Gasteiger partial charge in [0.15, 0.2) is 17.3 Å². The highest BCUT2D eigenvalue weighted by Crippen LogP contribution is 2.38. The lowest BCUT2D eigenvalue weighted by atomic mass is 10.1. The molecule has 0 radical (unpaired) electrons. The van der Waals surface area contributed by atoms with Crippen LogP contribution in [0.3, 0.4) is 0 Å². The summed E-state index contributed by atoms with van der Waals surface area (Å²) in [4.78, 5) is 0. The van der Waals surface area contributed by atoms with Gasteiger partial charge in [0, 0.05) is 10.0 Å². The van der Waals surface area contributed by atoms with Gasteiger partial charge in [-0.1, -0.05) is 15.9 Å². The molecular weight excluding hydrogens is 265 g/mol. The Hall–Kier alpha value is -0.810. The second-order valence-corrected chi connectivity index (χ2v) is 3.95. The first-order valence-corrected chi connectivity index (χ1v) is 5.35. The number of phenols is 1. The summed E-state index contributed by atoms with van der Waals surface area (Å²) in [5.74, 6) is -0.974. The van der Waals surface area contributed by atoms with Crippen molar-refractivity contribution in [3.8, 4) is 11.5 Å². The second-order valence-electron chi connectivity index (χ2n) is 3.09. The van der Waals surface area contributed by atoms with Gasteiger partial charge in [-0.3, -0.25) is 0 Å². The van der Waals surface area contributed by atoms with Crippen molar-refractivity contribution in [3.63, 3.8) is 0 Å². The summed E-state index contributed by atoms with van der Waals surface area (Å²) >= 11 is 3.23. The lowest BCUT2D eigenvalue weighted by Gasteiger charge is -2.12. The van der Waals surface area contributed by atoms with Crippen LogP contribution in [0, 0.1) is 5.82 Å². The quantitative estimate of drug-likeness (QED) is 0.887. The molecule has 1 aromatic rings. The molecule has 15 heavy (non-hydrogen) atoms. The minimum Gasteiger partial charge on any atom is -0.502 e. The Morgan fingerprint density at radius 2 is 2.27 bits per heavy atom. The summed E-state index contributed by atoms with van der Waals surface area (Å²) in [7, 11) is 1.40. The fourth-order valence-electron chi connectivity index (χ4n) is 1.36. The number of methoxy groups -OCH3 is 1. The first kappa shape index (κ1) is 12.3. The van der Waals surface area contributed by atoms with E-state index in [-0.39, 0.29) is 5.75 Å². The van der Waals surface area contributed by atoms with Crippen LogP contribution in [0.25, 0.3) is 0 Å². The van der Waals surface area contributed by atoms with Crippen LogP contribution < -0.4 is 10.5 Å². The number of rotatable bonds is 4. The predicted octanol–water partition coefficient (Wildman–Crippen LogP) is 2.19. The lowest BCUT2D eigenvalue weighted by Crippen LogP contribution is -2.03. The Morgan fingerprint density at radius 1 is 1.60 bits per heavy atom. The van der Waals surface area contributed by atoms with Gasteiger partial charge >= 0.3 is 0 Å². The third-order valence-electron chi connectivity index (χ3n) is 2.09. The molecule has 0 bridgehead atoms. The number of halogens is 2. The molecule has 3 N–H and O–H groups in total. The van der Waals surface area contributed by atoms with E-state index >= 15 is 0 Å². The highest BCUT2D eigenvalue weighted by molar-refractivity contribution is 9.10. The first-order chi connectivity index (χ1) is 7.11. The van der Waals surface area contributed by atoms with Crippen molar-refractivity contribution in [3.05, 3.63) is 21.9 Å². The first-order valence-electron chi connectivity index (χ1n) is 4.55. The van der Waals surface area contributed by atoms with Crippen molar-refractivity contribution >= 4 is 15.9 Å². The Labute approximate surface area is 96.2 Å². The molecule has 0 aliphatic heterocycles. The van der Waals surface area contributed by atoms with E-state index in [9.17, 15) is 9.50 Å². The molecule has 1 aromatic carbocycles. The molecule has 0 saturated heterocycles. The van der Waals surface area contributed by atoms with Crippen molar-refractivity contribution in [2.24, 2.45) is 5.73 Å². The predicted molar refractivity (Wildman–Crippen MR) is 59.7 cm³/mol. The molecule has 0 spiro atoms. The standard InChI is InChI=1S/C10H13BrFNO2/c1-15-10-6(3-2-4-13)7(11)5-8(12)9(10)14/h5,14H,2-4,13H2,1H3. The van der Waals surface area contributed by atoms with Crippen LogP contribution >= 0.6 is 15.9 Å². The maximum atomic E-state index is 13.1. The summed E-state index contributed by atoms with van der Waals surface area (Å²) in [6.45, 7) is 0.535. The van der Waals surface area contributed by atoms with E-state index in [1.54, 1.807) is 0 Å². The smallest absolute Gasteiger partial charge is 0.194 e. The number of phenolic OH excluding ortho intramolecular Hbond substituents is 1. The molecule has 0 unspecified atom stereocenters. The van der Waals surface area contributed by atoms with E-state index in [4.69, 9.17) is 10.5 Å². The van der Waals surface area contributed by atoms with Crippen LogP contribution in [0.5, 0.6) is 11.5 Å². The van der Waals surface area contributed by atoms with Gasteiger partial charge in [0.1, 0.15) is 0 Å². The Balaban J connectivity index is 3.16. The van der Waals surface area contributed by atoms with Gasteiger partial charge in [-0.15, -0.1) is 0 Å². The molecule has 5 heteroatoms. The monoisotopic (exact) mass is 277 g/mol. The van der Waals surface area contributed by atoms with E-state index in [0.717, 1.165) is 12.0 Å². The summed E-state index contributed by atoms with van der Waals surface area (Å²) in [6.07, 6.45) is 1.38. The molecule has 0 atom stereocenters. The van der Waals surface area contributed by atoms with E-state index < -0.39 is 11.6 Å². The maximum absolute atomic E-state index is 13.1. The average molecular weight is 278 g/mol. The van der Waals surface area contributed by atoms with Gasteiger partial charge < -0.3 is 15.6 Å². The van der Waals surface area contributed by atoms with Crippen molar-refractivity contribution in [2.75, 3.05) is 13.7 Å². The van der Waals surface area contributed by atoms with Crippen molar-refractivity contribution < 1.29 is 14.2 Å². The fourth-order valence-corrected chi connectivity index (χ4v) is 1.94. The van der Waals surface area contributed by atoms with Crippen molar-refractivity contribution in [2.45, 2.75) is 12.8 Å². The van der Waals surface area contributed by atoms with Gasteiger partial charge in [0.2, 0.25) is 0 Å². The molecule has 3 nitrogen and oxygen atoms in total. The molecule has 0 heterocycles. The van der Waals surface area contributed by atoms with Gasteiger partial charge in [-0.2, -0.15) is 0 Å². The Morgan fingerprint density at radius 3 is 2.80 bits per heavy atom.